The molecular weight excluding hydrogens is 428 g/mol. The Hall–Kier alpha value is -4.05. The number of benzene rings is 2. The molecule has 1 aliphatic heterocycles. The maximum atomic E-state index is 12.5. The number of nitrogens with one attached hydrogen (secondary N) is 1. The van der Waals surface area contributed by atoms with Crippen molar-refractivity contribution in [3.63, 3.8) is 0 Å². The molecular formula is C22H18N6O3S. The average Bonchev–Trinajstić information content (AvgIpc) is 3.33. The van der Waals surface area contributed by atoms with Crippen molar-refractivity contribution in [1.29, 1.82) is 0 Å². The van der Waals surface area contributed by atoms with E-state index in [0.717, 1.165) is 11.0 Å². The molecule has 1 aliphatic rings. The second-order valence-corrected chi connectivity index (χ2v) is 8.87. The van der Waals surface area contributed by atoms with E-state index in [9.17, 15) is 13.2 Å². The SMILES string of the molecule is CN(CC(=O)Nc1ccc(-n2cnc3ccccc32)nc1)C1=NS(=O)(=O)c2ccccc21. The van der Waals surface area contributed by atoms with Gasteiger partial charge in [0.15, 0.2) is 5.84 Å². The van der Waals surface area contributed by atoms with E-state index in [2.05, 4.69) is 19.7 Å². The molecule has 0 atom stereocenters. The van der Waals surface area contributed by atoms with E-state index in [-0.39, 0.29) is 23.2 Å². The Morgan fingerprint density at radius 2 is 1.81 bits per heavy atom. The number of fused-ring (bicyclic) bond motifs is 2. The number of para-hydroxylation sites is 2. The Morgan fingerprint density at radius 1 is 1.03 bits per heavy atom. The molecule has 0 unspecified atom stereocenters. The Morgan fingerprint density at radius 3 is 2.62 bits per heavy atom. The maximum Gasteiger partial charge on any atom is 0.285 e. The van der Waals surface area contributed by atoms with E-state index in [1.807, 2.05) is 28.8 Å². The first kappa shape index (κ1) is 19.9. The molecule has 3 heterocycles. The third kappa shape index (κ3) is 3.50. The van der Waals surface area contributed by atoms with Crippen molar-refractivity contribution in [1.82, 2.24) is 19.4 Å². The van der Waals surface area contributed by atoms with Crippen molar-refractivity contribution in [3.05, 3.63) is 78.8 Å². The van der Waals surface area contributed by atoms with Crippen LogP contribution in [0.1, 0.15) is 5.56 Å². The smallest absolute Gasteiger partial charge is 0.285 e. The van der Waals surface area contributed by atoms with Gasteiger partial charge in [-0.15, -0.1) is 4.40 Å². The monoisotopic (exact) mass is 446 g/mol. The van der Waals surface area contributed by atoms with Crippen LogP contribution in [0, 0.1) is 0 Å². The van der Waals surface area contributed by atoms with Gasteiger partial charge in [-0.05, 0) is 36.4 Å². The highest BCUT2D eigenvalue weighted by atomic mass is 32.2. The number of amidine groups is 1. The molecule has 0 radical (unpaired) electrons. The van der Waals surface area contributed by atoms with E-state index < -0.39 is 10.0 Å². The largest absolute Gasteiger partial charge is 0.349 e. The predicted octanol–water partition coefficient (Wildman–Crippen LogP) is 2.44. The number of sulfonamides is 1. The molecule has 0 saturated heterocycles. The van der Waals surface area contributed by atoms with Gasteiger partial charge in [0.2, 0.25) is 5.91 Å². The molecule has 5 rings (SSSR count). The molecule has 0 saturated carbocycles. The Labute approximate surface area is 184 Å². The summed E-state index contributed by atoms with van der Waals surface area (Å²) in [5.74, 6) is 0.603. The quantitative estimate of drug-likeness (QED) is 0.516. The van der Waals surface area contributed by atoms with Gasteiger partial charge in [0, 0.05) is 12.6 Å². The number of pyridine rings is 1. The van der Waals surface area contributed by atoms with Crippen molar-refractivity contribution >= 4 is 38.5 Å². The predicted molar refractivity (Wildman–Crippen MR) is 120 cm³/mol. The molecule has 160 valence electrons. The van der Waals surface area contributed by atoms with Crippen LogP contribution in [-0.4, -0.2) is 53.2 Å². The van der Waals surface area contributed by atoms with Crippen molar-refractivity contribution in [3.8, 4) is 5.82 Å². The van der Waals surface area contributed by atoms with Crippen LogP contribution < -0.4 is 5.32 Å². The standard InChI is InChI=1S/C22H18N6O3S/c1-27(22-16-6-2-5-9-19(16)32(30,31)26-22)13-21(29)25-15-10-11-20(23-12-15)28-14-24-17-7-3-4-8-18(17)28/h2-12,14H,13H2,1H3,(H,25,29). The number of rotatable bonds is 4. The molecule has 32 heavy (non-hydrogen) atoms. The summed E-state index contributed by atoms with van der Waals surface area (Å²) in [7, 11) is -2.11. The molecule has 0 fully saturated rings. The summed E-state index contributed by atoms with van der Waals surface area (Å²) in [6.07, 6.45) is 3.27. The van der Waals surface area contributed by atoms with Gasteiger partial charge < -0.3 is 10.2 Å². The van der Waals surface area contributed by atoms with Crippen LogP contribution in [0.15, 0.2) is 82.5 Å². The Bertz CT molecular complexity index is 1480. The summed E-state index contributed by atoms with van der Waals surface area (Å²) in [5, 5.41) is 2.78. The fourth-order valence-electron chi connectivity index (χ4n) is 3.60. The lowest BCUT2D eigenvalue weighted by Crippen LogP contribution is -2.34. The molecule has 1 N–H and O–H groups in total. The van der Waals surface area contributed by atoms with E-state index in [1.54, 1.807) is 49.9 Å². The minimum absolute atomic E-state index is 0.0728. The van der Waals surface area contributed by atoms with Gasteiger partial charge in [0.1, 0.15) is 17.0 Å². The Kier molecular flexibility index (Phi) is 4.71. The van der Waals surface area contributed by atoms with Gasteiger partial charge in [-0.25, -0.2) is 9.97 Å². The van der Waals surface area contributed by atoms with E-state index in [4.69, 9.17) is 0 Å². The third-order valence-corrected chi connectivity index (χ3v) is 6.41. The van der Waals surface area contributed by atoms with Crippen molar-refractivity contribution < 1.29 is 13.2 Å². The third-order valence-electron chi connectivity index (χ3n) is 5.09. The number of imidazole rings is 1. The maximum absolute atomic E-state index is 12.5. The van der Waals surface area contributed by atoms with Crippen LogP contribution in [0.5, 0.6) is 0 Å². The number of carbonyl (C=O) groups is 1. The summed E-state index contributed by atoms with van der Waals surface area (Å²) >= 11 is 0. The number of likely N-dealkylation sites (N-methyl/N-ethyl adjacent to an activating group) is 1. The zero-order valence-corrected chi connectivity index (χ0v) is 17.8. The number of carbonyl (C=O) groups excluding carboxylic acids is 1. The number of aromatic nitrogens is 3. The molecule has 4 aromatic rings. The van der Waals surface area contributed by atoms with E-state index in [1.165, 1.54) is 11.0 Å². The number of amides is 1. The van der Waals surface area contributed by atoms with Gasteiger partial charge in [0.05, 0.1) is 29.5 Å². The first-order valence-corrected chi connectivity index (χ1v) is 11.2. The molecule has 2 aromatic heterocycles. The van der Waals surface area contributed by atoms with Crippen LogP contribution in [0.25, 0.3) is 16.9 Å². The second kappa shape index (κ2) is 7.57. The fraction of sp³-hybridized carbons (Fsp3) is 0.0909. The van der Waals surface area contributed by atoms with Crippen LogP contribution in [0.2, 0.25) is 0 Å². The highest BCUT2D eigenvalue weighted by molar-refractivity contribution is 7.90. The number of nitrogens with zero attached hydrogens (tertiary/aromatic N) is 5. The molecule has 9 nitrogen and oxygen atoms in total. The van der Waals surface area contributed by atoms with Crippen LogP contribution >= 0.6 is 0 Å². The average molecular weight is 446 g/mol. The first-order chi connectivity index (χ1) is 15.4. The summed E-state index contributed by atoms with van der Waals surface area (Å²) in [6, 6.07) is 17.8. The van der Waals surface area contributed by atoms with Gasteiger partial charge in [-0.2, -0.15) is 8.42 Å². The van der Waals surface area contributed by atoms with E-state index in [0.29, 0.717) is 17.1 Å². The lowest BCUT2D eigenvalue weighted by Gasteiger charge is -2.18. The summed E-state index contributed by atoms with van der Waals surface area (Å²) in [4.78, 5) is 23.0. The zero-order valence-electron chi connectivity index (χ0n) is 17.0. The van der Waals surface area contributed by atoms with Gasteiger partial charge in [0.25, 0.3) is 10.0 Å². The molecule has 0 aliphatic carbocycles. The van der Waals surface area contributed by atoms with Crippen molar-refractivity contribution in [2.75, 3.05) is 18.9 Å². The van der Waals surface area contributed by atoms with Crippen molar-refractivity contribution in [2.24, 2.45) is 4.40 Å². The second-order valence-electron chi connectivity index (χ2n) is 7.30. The van der Waals surface area contributed by atoms with Crippen molar-refractivity contribution in [2.45, 2.75) is 4.90 Å². The van der Waals surface area contributed by atoms with E-state index >= 15 is 0 Å². The van der Waals surface area contributed by atoms with Crippen LogP contribution in [0.4, 0.5) is 5.69 Å². The zero-order chi connectivity index (χ0) is 22.3. The first-order valence-electron chi connectivity index (χ1n) is 9.76. The highest BCUT2D eigenvalue weighted by Gasteiger charge is 2.30. The minimum atomic E-state index is -3.74. The summed E-state index contributed by atoms with van der Waals surface area (Å²) in [6.45, 7) is -0.0728. The fourth-order valence-corrected chi connectivity index (χ4v) is 4.85. The highest BCUT2D eigenvalue weighted by Crippen LogP contribution is 2.27. The summed E-state index contributed by atoms with van der Waals surface area (Å²) in [5.41, 5.74) is 2.82. The number of anilines is 1. The normalized spacial score (nSPS) is 14.1. The topological polar surface area (TPSA) is 110 Å². The summed E-state index contributed by atoms with van der Waals surface area (Å²) < 4.78 is 30.1. The lowest BCUT2D eigenvalue weighted by molar-refractivity contribution is -0.116. The minimum Gasteiger partial charge on any atom is -0.349 e. The van der Waals surface area contributed by atoms with Gasteiger partial charge in [-0.3, -0.25) is 9.36 Å². The Balaban J connectivity index is 1.29. The van der Waals surface area contributed by atoms with Crippen LogP contribution in [0.3, 0.4) is 0 Å². The lowest BCUT2D eigenvalue weighted by atomic mass is 10.2. The molecule has 10 heteroatoms. The molecule has 0 spiro atoms. The molecule has 1 amide bonds. The van der Waals surface area contributed by atoms with Gasteiger partial charge >= 0.3 is 0 Å². The molecule has 2 aromatic carbocycles. The number of hydrogen-bond acceptors (Lipinski definition) is 6. The van der Waals surface area contributed by atoms with Gasteiger partial charge in [-0.1, -0.05) is 24.3 Å². The van der Waals surface area contributed by atoms with Crippen LogP contribution in [-0.2, 0) is 14.8 Å². The molecule has 0 bridgehead atoms. The number of hydrogen-bond donors (Lipinski definition) is 1.